The van der Waals surface area contributed by atoms with E-state index in [9.17, 15) is 4.79 Å². The van der Waals surface area contributed by atoms with E-state index in [0.717, 1.165) is 35.2 Å². The number of thiophene rings is 1. The number of hydrogen-bond donors (Lipinski definition) is 1. The summed E-state index contributed by atoms with van der Waals surface area (Å²) in [4.78, 5) is 14.7. The number of aliphatic hydroxyl groups excluding tert-OH is 1. The molecule has 0 aromatic carbocycles. The lowest BCUT2D eigenvalue weighted by Gasteiger charge is -2.21. The number of rotatable bonds is 7. The number of unbranched alkanes of at least 4 members (excludes halogenated alkanes) is 2. The summed E-state index contributed by atoms with van der Waals surface area (Å²) in [7, 11) is 0. The van der Waals surface area contributed by atoms with E-state index in [1.54, 1.807) is 4.90 Å². The standard InChI is InChI=1S/C12H18BrNO2S/c1-2-3-4-6-14(7-8-15)12(16)11-10(13)5-9-17-11/h5,9,15H,2-4,6-8H2,1H3. The van der Waals surface area contributed by atoms with Crippen LogP contribution in [-0.4, -0.2) is 35.6 Å². The van der Waals surface area contributed by atoms with Gasteiger partial charge in [-0.1, -0.05) is 19.8 Å². The minimum absolute atomic E-state index is 0.0111. The smallest absolute Gasteiger partial charge is 0.265 e. The van der Waals surface area contributed by atoms with Gasteiger partial charge >= 0.3 is 0 Å². The topological polar surface area (TPSA) is 40.5 Å². The highest BCUT2D eigenvalue weighted by molar-refractivity contribution is 9.10. The molecule has 0 fully saturated rings. The molecule has 0 atom stereocenters. The Labute approximate surface area is 115 Å². The lowest BCUT2D eigenvalue weighted by atomic mass is 10.2. The van der Waals surface area contributed by atoms with Crippen LogP contribution in [0.15, 0.2) is 15.9 Å². The molecule has 0 bridgehead atoms. The monoisotopic (exact) mass is 319 g/mol. The Bertz CT molecular complexity index is 354. The van der Waals surface area contributed by atoms with E-state index in [2.05, 4.69) is 22.9 Å². The maximum absolute atomic E-state index is 12.2. The molecule has 0 aliphatic carbocycles. The number of halogens is 1. The first-order valence-corrected chi connectivity index (χ1v) is 7.51. The minimum atomic E-state index is 0.0111. The molecule has 1 heterocycles. The molecule has 0 saturated carbocycles. The summed E-state index contributed by atoms with van der Waals surface area (Å²) in [6.45, 7) is 3.28. The Kier molecular flexibility index (Phi) is 6.77. The zero-order valence-electron chi connectivity index (χ0n) is 9.99. The lowest BCUT2D eigenvalue weighted by molar-refractivity contribution is 0.0722. The van der Waals surface area contributed by atoms with Gasteiger partial charge in [-0.15, -0.1) is 11.3 Å². The fourth-order valence-corrected chi connectivity index (χ4v) is 3.09. The summed E-state index contributed by atoms with van der Waals surface area (Å²) in [6.07, 6.45) is 3.23. The molecule has 1 amide bonds. The van der Waals surface area contributed by atoms with Crippen LogP contribution >= 0.6 is 27.3 Å². The third-order valence-corrected chi connectivity index (χ3v) is 4.33. The first-order chi connectivity index (χ1) is 8.20. The number of amides is 1. The van der Waals surface area contributed by atoms with Crippen LogP contribution in [0.2, 0.25) is 0 Å². The molecular weight excluding hydrogens is 302 g/mol. The van der Waals surface area contributed by atoms with Crippen molar-refractivity contribution in [3.8, 4) is 0 Å². The summed E-state index contributed by atoms with van der Waals surface area (Å²) in [5.41, 5.74) is 0. The Morgan fingerprint density at radius 2 is 2.24 bits per heavy atom. The Balaban J connectivity index is 2.63. The molecule has 3 nitrogen and oxygen atoms in total. The normalized spacial score (nSPS) is 10.5. The molecule has 0 saturated heterocycles. The third kappa shape index (κ3) is 4.41. The van der Waals surface area contributed by atoms with Crippen molar-refractivity contribution in [1.82, 2.24) is 4.90 Å². The van der Waals surface area contributed by atoms with Crippen LogP contribution in [0.1, 0.15) is 35.9 Å². The Hall–Kier alpha value is -0.390. The number of aliphatic hydroxyl groups is 1. The fraction of sp³-hybridized carbons (Fsp3) is 0.583. The second-order valence-corrected chi connectivity index (χ2v) is 5.59. The zero-order valence-corrected chi connectivity index (χ0v) is 12.4. The number of carbonyl (C=O) groups is 1. The van der Waals surface area contributed by atoms with Crippen LogP contribution < -0.4 is 0 Å². The van der Waals surface area contributed by atoms with Gasteiger partial charge in [0.25, 0.3) is 5.91 Å². The van der Waals surface area contributed by atoms with Crippen LogP contribution in [0.5, 0.6) is 0 Å². The molecule has 17 heavy (non-hydrogen) atoms. The van der Waals surface area contributed by atoms with Crippen LogP contribution in [0.4, 0.5) is 0 Å². The highest BCUT2D eigenvalue weighted by atomic mass is 79.9. The molecule has 0 unspecified atom stereocenters. The maximum atomic E-state index is 12.2. The number of hydrogen-bond acceptors (Lipinski definition) is 3. The molecule has 96 valence electrons. The molecule has 0 aliphatic heterocycles. The van der Waals surface area contributed by atoms with Crippen molar-refractivity contribution in [1.29, 1.82) is 0 Å². The van der Waals surface area contributed by atoms with Gasteiger partial charge in [0.05, 0.1) is 6.61 Å². The molecule has 1 aromatic heterocycles. The quantitative estimate of drug-likeness (QED) is 0.784. The second kappa shape index (κ2) is 7.84. The van der Waals surface area contributed by atoms with Gasteiger partial charge in [-0.05, 0) is 33.8 Å². The van der Waals surface area contributed by atoms with Crippen molar-refractivity contribution in [2.45, 2.75) is 26.2 Å². The Morgan fingerprint density at radius 1 is 1.47 bits per heavy atom. The summed E-state index contributed by atoms with van der Waals surface area (Å²) in [6, 6.07) is 1.88. The molecule has 5 heteroatoms. The van der Waals surface area contributed by atoms with Crippen LogP contribution in [0.3, 0.4) is 0 Å². The van der Waals surface area contributed by atoms with Gasteiger partial charge in [-0.2, -0.15) is 0 Å². The Morgan fingerprint density at radius 3 is 2.76 bits per heavy atom. The maximum Gasteiger partial charge on any atom is 0.265 e. The van der Waals surface area contributed by atoms with Gasteiger partial charge in [0, 0.05) is 17.6 Å². The van der Waals surface area contributed by atoms with Crippen molar-refractivity contribution in [3.05, 3.63) is 20.8 Å². The second-order valence-electron chi connectivity index (χ2n) is 3.82. The van der Waals surface area contributed by atoms with Gasteiger partial charge in [0.1, 0.15) is 4.88 Å². The number of carbonyl (C=O) groups excluding carboxylic acids is 1. The van der Waals surface area contributed by atoms with Crippen molar-refractivity contribution in [2.75, 3.05) is 19.7 Å². The van der Waals surface area contributed by atoms with E-state index in [0.29, 0.717) is 6.54 Å². The molecule has 0 radical (unpaired) electrons. The van der Waals surface area contributed by atoms with Gasteiger partial charge in [-0.3, -0.25) is 4.79 Å². The van der Waals surface area contributed by atoms with Crippen molar-refractivity contribution in [3.63, 3.8) is 0 Å². The first-order valence-electron chi connectivity index (χ1n) is 5.83. The summed E-state index contributed by atoms with van der Waals surface area (Å²) in [5.74, 6) is 0.0111. The van der Waals surface area contributed by atoms with E-state index in [-0.39, 0.29) is 12.5 Å². The zero-order chi connectivity index (χ0) is 12.7. The van der Waals surface area contributed by atoms with Crippen LogP contribution in [-0.2, 0) is 0 Å². The highest BCUT2D eigenvalue weighted by Gasteiger charge is 2.18. The van der Waals surface area contributed by atoms with E-state index < -0.39 is 0 Å². The minimum Gasteiger partial charge on any atom is -0.395 e. The molecule has 0 aliphatic rings. The van der Waals surface area contributed by atoms with Gasteiger partial charge in [0.2, 0.25) is 0 Å². The van der Waals surface area contributed by atoms with Crippen LogP contribution in [0.25, 0.3) is 0 Å². The summed E-state index contributed by atoms with van der Waals surface area (Å²) < 4.78 is 0.839. The van der Waals surface area contributed by atoms with Crippen molar-refractivity contribution >= 4 is 33.2 Å². The lowest BCUT2D eigenvalue weighted by Crippen LogP contribution is -2.34. The molecule has 1 aromatic rings. The van der Waals surface area contributed by atoms with Crippen molar-refractivity contribution in [2.24, 2.45) is 0 Å². The molecule has 0 spiro atoms. The summed E-state index contributed by atoms with van der Waals surface area (Å²) >= 11 is 4.80. The van der Waals surface area contributed by atoms with Gasteiger partial charge in [-0.25, -0.2) is 0 Å². The average molecular weight is 320 g/mol. The van der Waals surface area contributed by atoms with E-state index >= 15 is 0 Å². The first kappa shape index (κ1) is 14.7. The summed E-state index contributed by atoms with van der Waals surface area (Å²) in [5, 5.41) is 10.9. The highest BCUT2D eigenvalue weighted by Crippen LogP contribution is 2.24. The third-order valence-electron chi connectivity index (χ3n) is 2.50. The predicted octanol–water partition coefficient (Wildman–Crippen LogP) is 3.14. The largest absolute Gasteiger partial charge is 0.395 e. The van der Waals surface area contributed by atoms with Crippen molar-refractivity contribution < 1.29 is 9.90 Å². The van der Waals surface area contributed by atoms with E-state index in [4.69, 9.17) is 5.11 Å². The number of nitrogens with zero attached hydrogens (tertiary/aromatic N) is 1. The SMILES string of the molecule is CCCCCN(CCO)C(=O)c1sccc1Br. The van der Waals surface area contributed by atoms with E-state index in [1.165, 1.54) is 11.3 Å². The fourth-order valence-electron chi connectivity index (χ4n) is 1.58. The van der Waals surface area contributed by atoms with Gasteiger partial charge < -0.3 is 10.0 Å². The molecular formula is C12H18BrNO2S. The predicted molar refractivity (Wildman–Crippen MR) is 74.5 cm³/mol. The molecule has 1 rings (SSSR count). The molecule has 1 N–H and O–H groups in total. The van der Waals surface area contributed by atoms with Gasteiger partial charge in [0.15, 0.2) is 0 Å². The average Bonchev–Trinajstić information content (AvgIpc) is 2.74. The van der Waals surface area contributed by atoms with Crippen LogP contribution in [0, 0.1) is 0 Å². The van der Waals surface area contributed by atoms with E-state index in [1.807, 2.05) is 11.4 Å².